The quantitative estimate of drug-likeness (QED) is 0.480. The molecule has 166 valence electrons. The Hall–Kier alpha value is -3.03. The van der Waals surface area contributed by atoms with Gasteiger partial charge in [-0.05, 0) is 48.7 Å². The molecule has 1 heterocycles. The molecule has 6 nitrogen and oxygen atoms in total. The van der Waals surface area contributed by atoms with Crippen molar-refractivity contribution in [1.82, 2.24) is 0 Å². The number of methoxy groups -OCH3 is 1. The van der Waals surface area contributed by atoms with Crippen LogP contribution in [0.4, 0.5) is 5.69 Å². The maximum Gasteiger partial charge on any atom is 0.338 e. The number of sulfonamides is 1. The summed E-state index contributed by atoms with van der Waals surface area (Å²) in [6.45, 7) is 0.329. The Kier molecular flexibility index (Phi) is 6.39. The average Bonchev–Trinajstić information content (AvgIpc) is 2.82. The SMILES string of the molecule is COc1ccc(C(=O)OCc2ccccc2Cl)cc1S(=O)(=O)N1CCCc2ccccc21. The summed E-state index contributed by atoms with van der Waals surface area (Å²) in [6.07, 6.45) is 1.52. The van der Waals surface area contributed by atoms with Gasteiger partial charge in [0.05, 0.1) is 18.4 Å². The second-order valence-electron chi connectivity index (χ2n) is 7.34. The van der Waals surface area contributed by atoms with Crippen LogP contribution in [-0.2, 0) is 27.8 Å². The minimum Gasteiger partial charge on any atom is -0.495 e. The van der Waals surface area contributed by atoms with Crippen LogP contribution in [-0.4, -0.2) is 28.0 Å². The van der Waals surface area contributed by atoms with Crippen LogP contribution in [0.15, 0.2) is 71.6 Å². The van der Waals surface area contributed by atoms with Crippen molar-refractivity contribution >= 4 is 33.3 Å². The number of fused-ring (bicyclic) bond motifs is 1. The number of esters is 1. The van der Waals surface area contributed by atoms with Gasteiger partial charge in [-0.25, -0.2) is 13.2 Å². The monoisotopic (exact) mass is 471 g/mol. The minimum absolute atomic E-state index is 0.0217. The largest absolute Gasteiger partial charge is 0.495 e. The number of aryl methyl sites for hydroxylation is 1. The van der Waals surface area contributed by atoms with Gasteiger partial charge in [-0.1, -0.05) is 48.0 Å². The summed E-state index contributed by atoms with van der Waals surface area (Å²) in [5.74, 6) is -0.487. The normalized spacial score (nSPS) is 13.4. The molecule has 4 rings (SSSR count). The van der Waals surface area contributed by atoms with Crippen LogP contribution in [0, 0.1) is 0 Å². The molecule has 32 heavy (non-hydrogen) atoms. The van der Waals surface area contributed by atoms with E-state index in [1.54, 1.807) is 30.3 Å². The highest BCUT2D eigenvalue weighted by molar-refractivity contribution is 7.93. The number of anilines is 1. The molecule has 0 aromatic heterocycles. The summed E-state index contributed by atoms with van der Waals surface area (Å²) in [5, 5.41) is 0.488. The van der Waals surface area contributed by atoms with Gasteiger partial charge in [-0.3, -0.25) is 4.31 Å². The molecule has 1 aliphatic heterocycles. The zero-order chi connectivity index (χ0) is 22.7. The number of carbonyl (C=O) groups is 1. The Balaban J connectivity index is 1.65. The van der Waals surface area contributed by atoms with Gasteiger partial charge in [0.2, 0.25) is 0 Å². The van der Waals surface area contributed by atoms with E-state index in [0.29, 0.717) is 29.2 Å². The summed E-state index contributed by atoms with van der Waals surface area (Å²) in [7, 11) is -2.57. The second-order valence-corrected chi connectivity index (χ2v) is 9.58. The molecule has 0 saturated heterocycles. The standard InChI is InChI=1S/C24H22ClNO5S/c1-30-22-13-12-18(24(27)31-16-19-8-2-4-10-20(19)25)15-23(22)32(28,29)26-14-6-9-17-7-3-5-11-21(17)26/h2-5,7-8,10-13,15H,6,9,14,16H2,1H3. The number of ether oxygens (including phenoxy) is 2. The van der Waals surface area contributed by atoms with E-state index < -0.39 is 16.0 Å². The Bertz CT molecular complexity index is 1260. The van der Waals surface area contributed by atoms with Crippen LogP contribution < -0.4 is 9.04 Å². The molecule has 3 aromatic carbocycles. The fourth-order valence-corrected chi connectivity index (χ4v) is 5.63. The molecule has 0 radical (unpaired) electrons. The molecule has 0 spiro atoms. The first kappa shape index (κ1) is 22.2. The number of hydrogen-bond donors (Lipinski definition) is 0. The highest BCUT2D eigenvalue weighted by atomic mass is 35.5. The van der Waals surface area contributed by atoms with Gasteiger partial charge < -0.3 is 9.47 Å². The third-order valence-corrected chi connectivity index (χ3v) is 7.55. The maximum absolute atomic E-state index is 13.6. The number of hydrogen-bond acceptors (Lipinski definition) is 5. The average molecular weight is 472 g/mol. The molecular weight excluding hydrogens is 450 g/mol. The summed E-state index contributed by atoms with van der Waals surface area (Å²) in [4.78, 5) is 12.6. The topological polar surface area (TPSA) is 72.9 Å². The summed E-state index contributed by atoms with van der Waals surface area (Å²) in [6, 6.07) is 18.7. The van der Waals surface area contributed by atoms with Crippen LogP contribution in [0.2, 0.25) is 5.02 Å². The molecule has 0 unspecified atom stereocenters. The van der Waals surface area contributed by atoms with Gasteiger partial charge >= 0.3 is 5.97 Å². The fraction of sp³-hybridized carbons (Fsp3) is 0.208. The molecule has 1 aliphatic rings. The van der Waals surface area contributed by atoms with Crippen molar-refractivity contribution in [2.24, 2.45) is 0 Å². The first-order valence-corrected chi connectivity index (χ1v) is 11.9. The van der Waals surface area contributed by atoms with Crippen LogP contribution in [0.25, 0.3) is 0 Å². The van der Waals surface area contributed by atoms with Gasteiger partial charge in [0.25, 0.3) is 10.0 Å². The Morgan fingerprint density at radius 2 is 1.81 bits per heavy atom. The van der Waals surface area contributed by atoms with Gasteiger partial charge in [-0.2, -0.15) is 0 Å². The lowest BCUT2D eigenvalue weighted by Crippen LogP contribution is -2.35. The highest BCUT2D eigenvalue weighted by Crippen LogP contribution is 2.35. The molecule has 0 atom stereocenters. The van der Waals surface area contributed by atoms with Crippen molar-refractivity contribution in [3.05, 3.63) is 88.4 Å². The van der Waals surface area contributed by atoms with E-state index in [9.17, 15) is 13.2 Å². The first-order valence-electron chi connectivity index (χ1n) is 10.1. The summed E-state index contributed by atoms with van der Waals surface area (Å²) >= 11 is 6.11. The van der Waals surface area contributed by atoms with Gasteiger partial charge in [0, 0.05) is 17.1 Å². The van der Waals surface area contributed by atoms with Crippen LogP contribution in [0.5, 0.6) is 5.75 Å². The highest BCUT2D eigenvalue weighted by Gasteiger charge is 2.32. The van der Waals surface area contributed by atoms with Crippen LogP contribution in [0.3, 0.4) is 0 Å². The Labute approximate surface area is 192 Å². The maximum atomic E-state index is 13.6. The lowest BCUT2D eigenvalue weighted by Gasteiger charge is -2.31. The smallest absolute Gasteiger partial charge is 0.338 e. The number of para-hydroxylation sites is 1. The van der Waals surface area contributed by atoms with Crippen molar-refractivity contribution in [1.29, 1.82) is 0 Å². The van der Waals surface area contributed by atoms with E-state index in [0.717, 1.165) is 12.0 Å². The molecule has 8 heteroatoms. The first-order chi connectivity index (χ1) is 15.4. The molecule has 0 aliphatic carbocycles. The third-order valence-electron chi connectivity index (χ3n) is 5.35. The molecule has 0 fully saturated rings. The fourth-order valence-electron chi connectivity index (χ4n) is 3.71. The third kappa shape index (κ3) is 4.31. The van der Waals surface area contributed by atoms with Gasteiger partial charge in [0.1, 0.15) is 17.3 Å². The van der Waals surface area contributed by atoms with E-state index in [2.05, 4.69) is 0 Å². The molecule has 0 N–H and O–H groups in total. The van der Waals surface area contributed by atoms with Crippen molar-refractivity contribution < 1.29 is 22.7 Å². The van der Waals surface area contributed by atoms with E-state index >= 15 is 0 Å². The van der Waals surface area contributed by atoms with E-state index in [-0.39, 0.29) is 22.8 Å². The molecule has 0 bridgehead atoms. The van der Waals surface area contributed by atoms with Gasteiger partial charge in [0.15, 0.2) is 0 Å². The number of carbonyl (C=O) groups excluding carboxylic acids is 1. The minimum atomic E-state index is -3.97. The molecule has 3 aromatic rings. The number of benzene rings is 3. The Morgan fingerprint density at radius 3 is 2.59 bits per heavy atom. The summed E-state index contributed by atoms with van der Waals surface area (Å²) in [5.41, 5.74) is 2.39. The number of nitrogens with zero attached hydrogens (tertiary/aromatic N) is 1. The summed E-state index contributed by atoms with van der Waals surface area (Å²) < 4.78 is 39.3. The predicted octanol–water partition coefficient (Wildman–Crippen LogP) is 4.85. The lowest BCUT2D eigenvalue weighted by molar-refractivity contribution is 0.0472. The van der Waals surface area contributed by atoms with E-state index in [1.165, 1.54) is 29.6 Å². The van der Waals surface area contributed by atoms with Crippen LogP contribution in [0.1, 0.15) is 27.9 Å². The second kappa shape index (κ2) is 9.22. The predicted molar refractivity (Wildman–Crippen MR) is 123 cm³/mol. The molecule has 0 amide bonds. The zero-order valence-electron chi connectivity index (χ0n) is 17.5. The van der Waals surface area contributed by atoms with Crippen molar-refractivity contribution in [2.45, 2.75) is 24.3 Å². The van der Waals surface area contributed by atoms with E-state index in [4.69, 9.17) is 21.1 Å². The Morgan fingerprint density at radius 1 is 1.06 bits per heavy atom. The zero-order valence-corrected chi connectivity index (χ0v) is 19.0. The van der Waals surface area contributed by atoms with Crippen molar-refractivity contribution in [3.8, 4) is 5.75 Å². The van der Waals surface area contributed by atoms with Crippen molar-refractivity contribution in [3.63, 3.8) is 0 Å². The molecule has 0 saturated carbocycles. The van der Waals surface area contributed by atoms with Crippen LogP contribution >= 0.6 is 11.6 Å². The number of rotatable bonds is 6. The van der Waals surface area contributed by atoms with Gasteiger partial charge in [-0.15, -0.1) is 0 Å². The number of halogens is 1. The van der Waals surface area contributed by atoms with Crippen molar-refractivity contribution in [2.75, 3.05) is 18.0 Å². The van der Waals surface area contributed by atoms with E-state index in [1.807, 2.05) is 18.2 Å². The molecular formula is C24H22ClNO5S. The lowest BCUT2D eigenvalue weighted by atomic mass is 10.0.